The summed E-state index contributed by atoms with van der Waals surface area (Å²) >= 11 is 0. The van der Waals surface area contributed by atoms with Crippen molar-refractivity contribution >= 4 is 17.8 Å². The van der Waals surface area contributed by atoms with E-state index in [1.165, 1.54) is 49.1 Å². The zero-order valence-electron chi connectivity index (χ0n) is 11.3. The Hall–Kier alpha value is -3.29. The molecule has 0 spiro atoms. The van der Waals surface area contributed by atoms with Crippen molar-refractivity contribution in [1.29, 1.82) is 0 Å². The number of aromatic carboxylic acids is 1. The van der Waals surface area contributed by atoms with Gasteiger partial charge in [0.2, 0.25) is 0 Å². The SMILES string of the molecule is C.O=C(O)CNC(=O)c1ccncc1.O=C(O)c1ccncc1. The predicted octanol–water partition coefficient (Wildman–Crippen LogP) is 1.31. The molecule has 2 aromatic rings. The van der Waals surface area contributed by atoms with E-state index in [0.717, 1.165) is 0 Å². The maximum atomic E-state index is 11.1. The summed E-state index contributed by atoms with van der Waals surface area (Å²) < 4.78 is 0. The van der Waals surface area contributed by atoms with Crippen LogP contribution in [0.2, 0.25) is 0 Å². The second kappa shape index (κ2) is 10.4. The molecule has 2 aromatic heterocycles. The minimum Gasteiger partial charge on any atom is -0.480 e. The first-order valence-corrected chi connectivity index (χ1v) is 6.04. The standard InChI is InChI=1S/C8H8N2O3.C6H5NO2.CH4/c11-7(12)5-10-8(13)6-1-3-9-4-2-6;8-6(9)5-1-3-7-4-2-5;/h1-4H,5H2,(H,10,13)(H,11,12);1-4H,(H,8,9);1H4. The molecule has 0 aliphatic rings. The number of aromatic nitrogens is 2. The molecule has 0 unspecified atom stereocenters. The first-order chi connectivity index (χ1) is 10.5. The lowest BCUT2D eigenvalue weighted by atomic mass is 10.2. The third-order valence-corrected chi connectivity index (χ3v) is 2.27. The quantitative estimate of drug-likeness (QED) is 0.774. The molecule has 0 aliphatic carbocycles. The van der Waals surface area contributed by atoms with E-state index in [-0.39, 0.29) is 19.5 Å². The molecule has 122 valence electrons. The third-order valence-electron chi connectivity index (χ3n) is 2.27. The Morgan fingerprint density at radius 3 is 1.65 bits per heavy atom. The van der Waals surface area contributed by atoms with E-state index in [1.807, 2.05) is 0 Å². The number of hydrogen-bond donors (Lipinski definition) is 3. The molecule has 0 saturated carbocycles. The Bertz CT molecular complexity index is 632. The average Bonchev–Trinajstić information content (AvgIpc) is 2.55. The van der Waals surface area contributed by atoms with Crippen molar-refractivity contribution in [2.45, 2.75) is 7.43 Å². The average molecular weight is 319 g/mol. The maximum absolute atomic E-state index is 11.1. The second-order valence-electron chi connectivity index (χ2n) is 3.85. The van der Waals surface area contributed by atoms with Crippen LogP contribution in [0.4, 0.5) is 0 Å². The first kappa shape index (κ1) is 19.7. The predicted molar refractivity (Wildman–Crippen MR) is 82.1 cm³/mol. The highest BCUT2D eigenvalue weighted by Crippen LogP contribution is 1.94. The molecule has 8 nitrogen and oxygen atoms in total. The van der Waals surface area contributed by atoms with Crippen LogP contribution in [0.3, 0.4) is 0 Å². The van der Waals surface area contributed by atoms with Crippen molar-refractivity contribution in [3.05, 3.63) is 60.2 Å². The monoisotopic (exact) mass is 319 g/mol. The summed E-state index contributed by atoms with van der Waals surface area (Å²) in [5.74, 6) is -2.40. The summed E-state index contributed by atoms with van der Waals surface area (Å²) in [6.45, 7) is -0.374. The van der Waals surface area contributed by atoms with E-state index in [0.29, 0.717) is 5.56 Å². The van der Waals surface area contributed by atoms with Gasteiger partial charge >= 0.3 is 11.9 Å². The third kappa shape index (κ3) is 7.90. The van der Waals surface area contributed by atoms with Crippen LogP contribution < -0.4 is 5.32 Å². The van der Waals surface area contributed by atoms with Crippen LogP contribution in [0, 0.1) is 0 Å². The van der Waals surface area contributed by atoms with Crippen molar-refractivity contribution < 1.29 is 24.6 Å². The molecule has 3 N–H and O–H groups in total. The number of hydrogen-bond acceptors (Lipinski definition) is 5. The first-order valence-electron chi connectivity index (χ1n) is 6.04. The van der Waals surface area contributed by atoms with Crippen LogP contribution in [0.1, 0.15) is 28.1 Å². The topological polar surface area (TPSA) is 129 Å². The highest BCUT2D eigenvalue weighted by molar-refractivity contribution is 5.95. The summed E-state index contributed by atoms with van der Waals surface area (Å²) in [6, 6.07) is 5.92. The lowest BCUT2D eigenvalue weighted by molar-refractivity contribution is -0.135. The molecular weight excluding hydrogens is 302 g/mol. The number of nitrogens with zero attached hydrogens (tertiary/aromatic N) is 2. The Morgan fingerprint density at radius 1 is 0.870 bits per heavy atom. The zero-order chi connectivity index (χ0) is 16.4. The fourth-order valence-electron chi connectivity index (χ4n) is 1.26. The second-order valence-corrected chi connectivity index (χ2v) is 3.85. The summed E-state index contributed by atoms with van der Waals surface area (Å²) in [6.07, 6.45) is 5.83. The number of rotatable bonds is 4. The van der Waals surface area contributed by atoms with E-state index in [1.54, 1.807) is 0 Å². The minimum atomic E-state index is -1.07. The Morgan fingerprint density at radius 2 is 1.30 bits per heavy atom. The Kier molecular flexibility index (Phi) is 8.95. The molecular formula is C15H17N3O5. The summed E-state index contributed by atoms with van der Waals surface area (Å²) in [5, 5.41) is 18.9. The molecule has 1 amide bonds. The lowest BCUT2D eigenvalue weighted by Gasteiger charge is -2.00. The van der Waals surface area contributed by atoms with Crippen molar-refractivity contribution in [3.8, 4) is 0 Å². The fourth-order valence-corrected chi connectivity index (χ4v) is 1.26. The summed E-state index contributed by atoms with van der Waals surface area (Å²) in [4.78, 5) is 38.8. The summed E-state index contributed by atoms with van der Waals surface area (Å²) in [7, 11) is 0. The molecule has 2 heterocycles. The highest BCUT2D eigenvalue weighted by atomic mass is 16.4. The number of carbonyl (C=O) groups is 3. The van der Waals surface area contributed by atoms with Crippen molar-refractivity contribution in [3.63, 3.8) is 0 Å². The number of nitrogens with one attached hydrogen (secondary N) is 1. The van der Waals surface area contributed by atoms with Gasteiger partial charge in [0.25, 0.3) is 5.91 Å². The fraction of sp³-hybridized carbons (Fsp3) is 0.133. The molecule has 0 bridgehead atoms. The molecule has 2 rings (SSSR count). The Labute approximate surface area is 132 Å². The number of carboxylic acids is 2. The highest BCUT2D eigenvalue weighted by Gasteiger charge is 2.05. The van der Waals surface area contributed by atoms with Gasteiger partial charge in [-0.1, -0.05) is 7.43 Å². The van der Waals surface area contributed by atoms with Gasteiger partial charge in [-0.15, -0.1) is 0 Å². The van der Waals surface area contributed by atoms with Crippen molar-refractivity contribution in [2.24, 2.45) is 0 Å². The van der Waals surface area contributed by atoms with Crippen LogP contribution >= 0.6 is 0 Å². The number of aliphatic carboxylic acids is 1. The van der Waals surface area contributed by atoms with Gasteiger partial charge in [0.05, 0.1) is 5.56 Å². The van der Waals surface area contributed by atoms with Gasteiger partial charge in [-0.05, 0) is 24.3 Å². The molecule has 0 aromatic carbocycles. The Balaban J connectivity index is 0.000000427. The van der Waals surface area contributed by atoms with Gasteiger partial charge in [-0.2, -0.15) is 0 Å². The zero-order valence-corrected chi connectivity index (χ0v) is 11.3. The largest absolute Gasteiger partial charge is 0.480 e. The van der Waals surface area contributed by atoms with Crippen LogP contribution in [0.25, 0.3) is 0 Å². The van der Waals surface area contributed by atoms with E-state index in [4.69, 9.17) is 10.2 Å². The van der Waals surface area contributed by atoms with Gasteiger partial charge in [0.1, 0.15) is 6.54 Å². The van der Waals surface area contributed by atoms with E-state index in [2.05, 4.69) is 15.3 Å². The minimum absolute atomic E-state index is 0. The lowest BCUT2D eigenvalue weighted by Crippen LogP contribution is -2.29. The molecule has 23 heavy (non-hydrogen) atoms. The smallest absolute Gasteiger partial charge is 0.335 e. The number of carboxylic acid groups (broad SMARTS) is 2. The van der Waals surface area contributed by atoms with Crippen molar-refractivity contribution in [2.75, 3.05) is 6.54 Å². The molecule has 0 radical (unpaired) electrons. The normalized spacial score (nSPS) is 8.70. The van der Waals surface area contributed by atoms with Gasteiger partial charge < -0.3 is 15.5 Å². The van der Waals surface area contributed by atoms with Crippen LogP contribution in [0.5, 0.6) is 0 Å². The van der Waals surface area contributed by atoms with Gasteiger partial charge in [0, 0.05) is 30.4 Å². The van der Waals surface area contributed by atoms with Gasteiger partial charge in [0.15, 0.2) is 0 Å². The van der Waals surface area contributed by atoms with Gasteiger partial charge in [-0.3, -0.25) is 19.6 Å². The molecule has 0 atom stereocenters. The van der Waals surface area contributed by atoms with E-state index >= 15 is 0 Å². The number of amides is 1. The van der Waals surface area contributed by atoms with E-state index in [9.17, 15) is 14.4 Å². The van der Waals surface area contributed by atoms with E-state index < -0.39 is 17.8 Å². The number of carbonyl (C=O) groups excluding carboxylic acids is 1. The van der Waals surface area contributed by atoms with Crippen LogP contribution in [-0.4, -0.2) is 44.6 Å². The molecule has 8 heteroatoms. The van der Waals surface area contributed by atoms with Crippen LogP contribution in [-0.2, 0) is 4.79 Å². The molecule has 0 aliphatic heterocycles. The van der Waals surface area contributed by atoms with Crippen molar-refractivity contribution in [1.82, 2.24) is 15.3 Å². The van der Waals surface area contributed by atoms with Crippen LogP contribution in [0.15, 0.2) is 49.1 Å². The van der Waals surface area contributed by atoms with Gasteiger partial charge in [-0.25, -0.2) is 4.79 Å². The summed E-state index contributed by atoms with van der Waals surface area (Å²) in [5.41, 5.74) is 0.668. The maximum Gasteiger partial charge on any atom is 0.335 e. The molecule has 0 fully saturated rings. The number of pyridine rings is 2. The molecule has 0 saturated heterocycles.